The molecule has 0 heterocycles. The van der Waals surface area contributed by atoms with Gasteiger partial charge in [-0.15, -0.1) is 0 Å². The van der Waals surface area contributed by atoms with Crippen LogP contribution in [-0.2, 0) is 6.42 Å². The second kappa shape index (κ2) is 7.43. The fraction of sp³-hybridized carbons (Fsp3) is 0.538. The molecule has 0 saturated carbocycles. The Morgan fingerprint density at radius 1 is 1.14 bits per heavy atom. The van der Waals surface area contributed by atoms with Crippen molar-refractivity contribution >= 4 is 5.69 Å². The number of rotatable bonds is 3. The van der Waals surface area contributed by atoms with E-state index in [4.69, 9.17) is 0 Å². The van der Waals surface area contributed by atoms with Crippen molar-refractivity contribution in [3.8, 4) is 0 Å². The Morgan fingerprint density at radius 2 is 1.79 bits per heavy atom. The van der Waals surface area contributed by atoms with Crippen LogP contribution in [0.4, 0.5) is 5.69 Å². The molecule has 0 aliphatic heterocycles. The topological polar surface area (TPSA) is 12.0 Å². The van der Waals surface area contributed by atoms with E-state index in [1.54, 1.807) is 0 Å². The third kappa shape index (κ3) is 3.82. The first kappa shape index (κ1) is 13.0. The molecule has 1 heteroatoms. The maximum atomic E-state index is 3.37. The van der Waals surface area contributed by atoms with Gasteiger partial charge in [0.25, 0.3) is 0 Å². The van der Waals surface area contributed by atoms with Crippen molar-refractivity contribution in [1.82, 2.24) is 0 Å². The standard InChI is InChI=1S/C11H17N.C2H6/c1-4-10-7-6-9(3)8-11(10)12-5-2;1-2/h6-8,12H,4-5H2,1-3H3;1-2H3. The lowest BCUT2D eigenvalue weighted by Gasteiger charge is -2.09. The number of anilines is 1. The van der Waals surface area contributed by atoms with Crippen LogP contribution in [0.15, 0.2) is 18.2 Å². The summed E-state index contributed by atoms with van der Waals surface area (Å²) < 4.78 is 0. The predicted octanol–water partition coefficient (Wildman–Crippen LogP) is 4.02. The van der Waals surface area contributed by atoms with Gasteiger partial charge < -0.3 is 5.32 Å². The molecule has 1 nitrogen and oxygen atoms in total. The van der Waals surface area contributed by atoms with E-state index >= 15 is 0 Å². The van der Waals surface area contributed by atoms with Crippen LogP contribution in [0.3, 0.4) is 0 Å². The molecule has 0 saturated heterocycles. The van der Waals surface area contributed by atoms with Crippen molar-refractivity contribution in [3.05, 3.63) is 29.3 Å². The molecule has 1 aromatic rings. The first-order valence-electron chi connectivity index (χ1n) is 5.61. The summed E-state index contributed by atoms with van der Waals surface area (Å²) in [5.41, 5.74) is 4.02. The van der Waals surface area contributed by atoms with Crippen LogP contribution in [0.25, 0.3) is 0 Å². The maximum absolute atomic E-state index is 3.37. The zero-order valence-corrected chi connectivity index (χ0v) is 10.1. The highest BCUT2D eigenvalue weighted by atomic mass is 14.9. The molecule has 0 bridgehead atoms. The zero-order valence-electron chi connectivity index (χ0n) is 10.1. The van der Waals surface area contributed by atoms with Gasteiger partial charge in [0.1, 0.15) is 0 Å². The molecule has 0 aliphatic carbocycles. The number of aryl methyl sites for hydroxylation is 2. The Hall–Kier alpha value is -0.980. The van der Waals surface area contributed by atoms with E-state index in [9.17, 15) is 0 Å². The molecule has 0 spiro atoms. The average Bonchev–Trinajstić information content (AvgIpc) is 2.22. The summed E-state index contributed by atoms with van der Waals surface area (Å²) in [5, 5.41) is 3.37. The maximum Gasteiger partial charge on any atom is 0.0375 e. The van der Waals surface area contributed by atoms with Gasteiger partial charge in [0.2, 0.25) is 0 Å². The molecule has 1 N–H and O–H groups in total. The van der Waals surface area contributed by atoms with E-state index in [-0.39, 0.29) is 0 Å². The molecule has 1 rings (SSSR count). The molecule has 0 amide bonds. The van der Waals surface area contributed by atoms with Crippen LogP contribution in [0.1, 0.15) is 38.8 Å². The predicted molar refractivity (Wildman–Crippen MR) is 66.1 cm³/mol. The van der Waals surface area contributed by atoms with E-state index in [1.807, 2.05) is 13.8 Å². The second-order valence-electron chi connectivity index (χ2n) is 3.04. The molecule has 0 unspecified atom stereocenters. The van der Waals surface area contributed by atoms with Gasteiger partial charge >= 0.3 is 0 Å². The fourth-order valence-corrected chi connectivity index (χ4v) is 1.35. The van der Waals surface area contributed by atoms with Crippen LogP contribution in [-0.4, -0.2) is 6.54 Å². The minimum atomic E-state index is 0.996. The Labute approximate surface area is 88.5 Å². The molecular formula is C13H23N. The van der Waals surface area contributed by atoms with Gasteiger partial charge in [0.05, 0.1) is 0 Å². The molecule has 14 heavy (non-hydrogen) atoms. The van der Waals surface area contributed by atoms with E-state index < -0.39 is 0 Å². The highest BCUT2D eigenvalue weighted by Gasteiger charge is 1.98. The summed E-state index contributed by atoms with van der Waals surface area (Å²) in [4.78, 5) is 0. The first-order valence-corrected chi connectivity index (χ1v) is 5.61. The first-order chi connectivity index (χ1) is 6.77. The molecule has 0 atom stereocenters. The van der Waals surface area contributed by atoms with Gasteiger partial charge in [0, 0.05) is 12.2 Å². The van der Waals surface area contributed by atoms with Crippen LogP contribution >= 0.6 is 0 Å². The SMILES string of the molecule is CC.CCNc1cc(C)ccc1CC. The lowest BCUT2D eigenvalue weighted by Crippen LogP contribution is -2.00. The van der Waals surface area contributed by atoms with Crippen molar-refractivity contribution in [2.75, 3.05) is 11.9 Å². The minimum absolute atomic E-state index is 0.996. The van der Waals surface area contributed by atoms with Gasteiger partial charge in [-0.25, -0.2) is 0 Å². The molecule has 0 radical (unpaired) electrons. The quantitative estimate of drug-likeness (QED) is 0.764. The average molecular weight is 193 g/mol. The molecule has 1 aromatic carbocycles. The van der Waals surface area contributed by atoms with Crippen molar-refractivity contribution < 1.29 is 0 Å². The normalized spacial score (nSPS) is 8.93. The Kier molecular flexibility index (Phi) is 6.91. The molecule has 0 aliphatic rings. The van der Waals surface area contributed by atoms with Gasteiger partial charge in [0.15, 0.2) is 0 Å². The van der Waals surface area contributed by atoms with Crippen LogP contribution < -0.4 is 5.32 Å². The van der Waals surface area contributed by atoms with E-state index in [0.29, 0.717) is 0 Å². The Balaban J connectivity index is 0.000000791. The van der Waals surface area contributed by atoms with Crippen molar-refractivity contribution in [2.45, 2.75) is 41.0 Å². The third-order valence-electron chi connectivity index (χ3n) is 2.01. The van der Waals surface area contributed by atoms with Crippen LogP contribution in [0.2, 0.25) is 0 Å². The number of nitrogens with one attached hydrogen (secondary N) is 1. The zero-order chi connectivity index (χ0) is 11.0. The minimum Gasteiger partial charge on any atom is -0.385 e. The van der Waals surface area contributed by atoms with E-state index in [0.717, 1.165) is 13.0 Å². The number of hydrogen-bond donors (Lipinski definition) is 1. The highest BCUT2D eigenvalue weighted by Crippen LogP contribution is 2.17. The van der Waals surface area contributed by atoms with E-state index in [1.165, 1.54) is 16.8 Å². The molecular weight excluding hydrogens is 170 g/mol. The Bertz CT molecular complexity index is 253. The summed E-state index contributed by atoms with van der Waals surface area (Å²) in [6.07, 6.45) is 1.10. The van der Waals surface area contributed by atoms with Crippen molar-refractivity contribution in [3.63, 3.8) is 0 Å². The second-order valence-corrected chi connectivity index (χ2v) is 3.04. The van der Waals surface area contributed by atoms with Crippen molar-refractivity contribution in [1.29, 1.82) is 0 Å². The van der Waals surface area contributed by atoms with Crippen LogP contribution in [0, 0.1) is 6.92 Å². The number of hydrogen-bond acceptors (Lipinski definition) is 1. The molecule has 80 valence electrons. The largest absolute Gasteiger partial charge is 0.385 e. The molecule has 0 aromatic heterocycles. The Morgan fingerprint density at radius 3 is 2.29 bits per heavy atom. The summed E-state index contributed by atoms with van der Waals surface area (Å²) >= 11 is 0. The summed E-state index contributed by atoms with van der Waals surface area (Å²) in [6, 6.07) is 6.58. The van der Waals surface area contributed by atoms with Gasteiger partial charge in [-0.05, 0) is 37.5 Å². The smallest absolute Gasteiger partial charge is 0.0375 e. The monoisotopic (exact) mass is 193 g/mol. The lowest BCUT2D eigenvalue weighted by molar-refractivity contribution is 1.11. The fourth-order valence-electron chi connectivity index (χ4n) is 1.35. The summed E-state index contributed by atoms with van der Waals surface area (Å²) in [7, 11) is 0. The summed E-state index contributed by atoms with van der Waals surface area (Å²) in [5.74, 6) is 0. The molecule has 0 fully saturated rings. The van der Waals surface area contributed by atoms with Gasteiger partial charge in [-0.2, -0.15) is 0 Å². The number of benzene rings is 1. The van der Waals surface area contributed by atoms with Gasteiger partial charge in [-0.1, -0.05) is 32.9 Å². The third-order valence-corrected chi connectivity index (χ3v) is 2.01. The highest BCUT2D eigenvalue weighted by molar-refractivity contribution is 5.53. The lowest BCUT2D eigenvalue weighted by atomic mass is 10.1. The van der Waals surface area contributed by atoms with Crippen LogP contribution in [0.5, 0.6) is 0 Å². The van der Waals surface area contributed by atoms with Crippen molar-refractivity contribution in [2.24, 2.45) is 0 Å². The summed E-state index contributed by atoms with van der Waals surface area (Å²) in [6.45, 7) is 11.4. The van der Waals surface area contributed by atoms with Gasteiger partial charge in [-0.3, -0.25) is 0 Å². The van der Waals surface area contributed by atoms with E-state index in [2.05, 4.69) is 44.3 Å².